The average molecular weight is 359 g/mol. The van der Waals surface area contributed by atoms with Gasteiger partial charge >= 0.3 is 0 Å². The third-order valence-corrected chi connectivity index (χ3v) is 5.74. The molecule has 5 heteroatoms. The van der Waals surface area contributed by atoms with Crippen molar-refractivity contribution in [2.24, 2.45) is 5.92 Å². The Kier molecular flexibility index (Phi) is 4.83. The second kappa shape index (κ2) is 7.42. The fourth-order valence-corrected chi connectivity index (χ4v) is 4.18. The molecule has 0 amide bonds. The van der Waals surface area contributed by atoms with Crippen molar-refractivity contribution in [3.05, 3.63) is 71.8 Å². The quantitative estimate of drug-likeness (QED) is 0.653. The van der Waals surface area contributed by atoms with Gasteiger partial charge in [-0.3, -0.25) is 4.90 Å². The van der Waals surface area contributed by atoms with Gasteiger partial charge in [0.1, 0.15) is 0 Å². The van der Waals surface area contributed by atoms with Crippen molar-refractivity contribution in [1.29, 1.82) is 0 Å². The molecule has 138 valence electrons. The molecule has 2 unspecified atom stereocenters. The lowest BCUT2D eigenvalue weighted by Gasteiger charge is -2.43. The third kappa shape index (κ3) is 3.41. The van der Waals surface area contributed by atoms with E-state index in [1.165, 1.54) is 5.56 Å². The maximum atomic E-state index is 7.60. The monoisotopic (exact) mass is 359 g/mol. The Bertz CT molecular complexity index is 956. The molecular formula is C22H25N5. The van der Waals surface area contributed by atoms with Gasteiger partial charge in [0.05, 0.1) is 24.0 Å². The molecule has 1 aromatic carbocycles. The summed E-state index contributed by atoms with van der Waals surface area (Å²) in [4.78, 5) is 8.59. The maximum absolute atomic E-state index is 7.60. The number of hydrogen-bond donors (Lipinski definition) is 0. The number of hydrogen-bond acceptors (Lipinski definition) is 3. The van der Waals surface area contributed by atoms with Crippen LogP contribution in [0.25, 0.3) is 10.4 Å². The minimum Gasteiger partial charge on any atom is -0.377 e. The van der Waals surface area contributed by atoms with Gasteiger partial charge in [0, 0.05) is 32.4 Å². The first kappa shape index (κ1) is 17.6. The van der Waals surface area contributed by atoms with Gasteiger partial charge in [0.25, 0.3) is 0 Å². The van der Waals surface area contributed by atoms with Crippen LogP contribution >= 0.6 is 0 Å². The minimum atomic E-state index is 0.365. The van der Waals surface area contributed by atoms with Crippen molar-refractivity contribution in [2.75, 3.05) is 25.0 Å². The van der Waals surface area contributed by atoms with E-state index < -0.39 is 0 Å². The first-order valence-electron chi connectivity index (χ1n) is 9.50. The Hall–Kier alpha value is -2.84. The summed E-state index contributed by atoms with van der Waals surface area (Å²) in [6, 6.07) is 15.1. The molecule has 3 aromatic rings. The fraction of sp³-hybridized carbons (Fsp3) is 0.364. The van der Waals surface area contributed by atoms with Gasteiger partial charge in [-0.25, -0.2) is 9.36 Å². The fourth-order valence-electron chi connectivity index (χ4n) is 4.18. The van der Waals surface area contributed by atoms with Gasteiger partial charge in [-0.05, 0) is 36.6 Å². The average Bonchev–Trinajstić information content (AvgIpc) is 3.17. The smallest absolute Gasteiger partial charge is 0.231 e. The highest BCUT2D eigenvalue weighted by Gasteiger charge is 2.31. The zero-order chi connectivity index (χ0) is 18.8. The molecule has 1 aliphatic rings. The van der Waals surface area contributed by atoms with Gasteiger partial charge in [-0.15, -0.1) is 0 Å². The molecule has 0 radical (unpaired) electrons. The lowest BCUT2D eigenvalue weighted by Crippen LogP contribution is -2.50. The molecule has 0 bridgehead atoms. The standard InChI is InChI=1S/C22H25N5/c1-17-11-13-26(15-18-8-5-4-6-9-18)16-21(17)25(3)22-19(23-2)14-24-27-12-7-10-20(22)27/h4-10,12,14,17,21H,11,13,15-16H2,1,3H3. The van der Waals surface area contributed by atoms with Crippen LogP contribution in [0.1, 0.15) is 18.9 Å². The van der Waals surface area contributed by atoms with Gasteiger partial charge in [-0.2, -0.15) is 5.10 Å². The zero-order valence-electron chi connectivity index (χ0n) is 15.9. The Labute approximate surface area is 160 Å². The van der Waals surface area contributed by atoms with Crippen molar-refractivity contribution < 1.29 is 0 Å². The van der Waals surface area contributed by atoms with E-state index in [-0.39, 0.29) is 0 Å². The van der Waals surface area contributed by atoms with Crippen LogP contribution in [-0.4, -0.2) is 40.7 Å². The lowest BCUT2D eigenvalue weighted by molar-refractivity contribution is 0.159. The van der Waals surface area contributed by atoms with Gasteiger partial charge < -0.3 is 4.90 Å². The number of benzene rings is 1. The normalized spacial score (nSPS) is 20.5. The van der Waals surface area contributed by atoms with E-state index in [2.05, 4.69) is 64.0 Å². The first-order valence-corrected chi connectivity index (χ1v) is 9.50. The number of aromatic nitrogens is 2. The number of rotatable bonds is 4. The van der Waals surface area contributed by atoms with Crippen LogP contribution in [-0.2, 0) is 6.54 Å². The summed E-state index contributed by atoms with van der Waals surface area (Å²) < 4.78 is 1.86. The van der Waals surface area contributed by atoms with E-state index in [1.54, 1.807) is 6.20 Å². The largest absolute Gasteiger partial charge is 0.377 e. The predicted octanol–water partition coefficient (Wildman–Crippen LogP) is 4.23. The molecule has 3 heterocycles. The second-order valence-corrected chi connectivity index (χ2v) is 7.49. The van der Waals surface area contributed by atoms with Crippen molar-refractivity contribution in [1.82, 2.24) is 14.5 Å². The predicted molar refractivity (Wildman–Crippen MR) is 109 cm³/mol. The van der Waals surface area contributed by atoms with Crippen molar-refractivity contribution in [3.63, 3.8) is 0 Å². The lowest BCUT2D eigenvalue weighted by atomic mass is 9.91. The van der Waals surface area contributed by atoms with Crippen LogP contribution in [0, 0.1) is 12.5 Å². The molecule has 0 aliphatic carbocycles. The second-order valence-electron chi connectivity index (χ2n) is 7.49. The van der Waals surface area contributed by atoms with Crippen molar-refractivity contribution in [3.8, 4) is 0 Å². The summed E-state index contributed by atoms with van der Waals surface area (Å²) in [5.74, 6) is 0.573. The van der Waals surface area contributed by atoms with Gasteiger partial charge in [0.15, 0.2) is 0 Å². The van der Waals surface area contributed by atoms with Gasteiger partial charge in [-0.1, -0.05) is 37.3 Å². The van der Waals surface area contributed by atoms with E-state index in [0.29, 0.717) is 17.6 Å². The molecule has 0 saturated carbocycles. The molecule has 2 aromatic heterocycles. The number of likely N-dealkylation sites (N-methyl/N-ethyl adjacent to an activating group) is 1. The van der Waals surface area contributed by atoms with Crippen molar-refractivity contribution >= 4 is 16.9 Å². The molecule has 0 N–H and O–H groups in total. The Balaban J connectivity index is 1.61. The molecule has 2 atom stereocenters. The third-order valence-electron chi connectivity index (χ3n) is 5.74. The number of likely N-dealkylation sites (tertiary alicyclic amines) is 1. The summed E-state index contributed by atoms with van der Waals surface area (Å²) in [7, 11) is 2.13. The van der Waals surface area contributed by atoms with Crippen LogP contribution in [0.15, 0.2) is 54.9 Å². The van der Waals surface area contributed by atoms with Crippen LogP contribution in [0.4, 0.5) is 11.4 Å². The molecule has 1 saturated heterocycles. The first-order chi connectivity index (χ1) is 13.2. The highest BCUT2D eigenvalue weighted by atomic mass is 15.3. The van der Waals surface area contributed by atoms with Crippen LogP contribution in [0.5, 0.6) is 0 Å². The van der Waals surface area contributed by atoms with Crippen LogP contribution < -0.4 is 4.90 Å². The molecule has 4 rings (SSSR count). The summed E-state index contributed by atoms with van der Waals surface area (Å²) in [6.07, 6.45) is 4.78. The maximum Gasteiger partial charge on any atom is 0.231 e. The van der Waals surface area contributed by atoms with E-state index in [1.807, 2.05) is 22.8 Å². The minimum absolute atomic E-state index is 0.365. The zero-order valence-corrected chi connectivity index (χ0v) is 15.9. The van der Waals surface area contributed by atoms with E-state index in [4.69, 9.17) is 6.57 Å². The van der Waals surface area contributed by atoms with Gasteiger partial charge in [0.2, 0.25) is 5.69 Å². The Morgan fingerprint density at radius 2 is 2.04 bits per heavy atom. The number of piperidine rings is 1. The summed E-state index contributed by atoms with van der Waals surface area (Å²) in [5, 5.41) is 4.36. The SMILES string of the molecule is [C-]#[N+]c1cnn2cccc2c1N(C)C1CN(Cc2ccccc2)CCC1C. The molecule has 0 spiro atoms. The Morgan fingerprint density at radius 1 is 1.22 bits per heavy atom. The molecule has 1 fully saturated rings. The topological polar surface area (TPSA) is 28.1 Å². The molecule has 5 nitrogen and oxygen atoms in total. The summed E-state index contributed by atoms with van der Waals surface area (Å²) >= 11 is 0. The van der Waals surface area contributed by atoms with E-state index in [9.17, 15) is 0 Å². The van der Waals surface area contributed by atoms with Crippen LogP contribution in [0.2, 0.25) is 0 Å². The highest BCUT2D eigenvalue weighted by Crippen LogP contribution is 2.36. The highest BCUT2D eigenvalue weighted by molar-refractivity contribution is 5.85. The van der Waals surface area contributed by atoms with Crippen LogP contribution in [0.3, 0.4) is 0 Å². The number of anilines is 1. The summed E-state index contributed by atoms with van der Waals surface area (Å²) in [5.41, 5.74) is 3.96. The van der Waals surface area contributed by atoms with Crippen molar-refractivity contribution in [2.45, 2.75) is 25.9 Å². The molecule has 1 aliphatic heterocycles. The molecule has 27 heavy (non-hydrogen) atoms. The Morgan fingerprint density at radius 3 is 2.81 bits per heavy atom. The summed E-state index contributed by atoms with van der Waals surface area (Å²) in [6.45, 7) is 13.0. The number of nitrogens with zero attached hydrogens (tertiary/aromatic N) is 5. The van der Waals surface area contributed by atoms with E-state index in [0.717, 1.165) is 37.3 Å². The number of fused-ring (bicyclic) bond motifs is 1. The van der Waals surface area contributed by atoms with E-state index >= 15 is 0 Å². The molecular weight excluding hydrogens is 334 g/mol.